The van der Waals surface area contributed by atoms with Crippen molar-refractivity contribution in [1.82, 2.24) is 15.4 Å². The minimum Gasteiger partial charge on any atom is -0.357 e. The second-order valence-corrected chi connectivity index (χ2v) is 9.95. The van der Waals surface area contributed by atoms with Gasteiger partial charge in [-0.1, -0.05) is 30.3 Å². The molecule has 2 rings (SSSR count). The molecule has 0 aliphatic heterocycles. The highest BCUT2D eigenvalue weighted by molar-refractivity contribution is 7.89. The Hall–Kier alpha value is -1.90. The van der Waals surface area contributed by atoms with Gasteiger partial charge in [-0.05, 0) is 38.5 Å². The van der Waals surface area contributed by atoms with E-state index >= 15 is 0 Å². The number of hydrogen-bond acceptors (Lipinski definition) is 4. The van der Waals surface area contributed by atoms with Gasteiger partial charge in [0.05, 0.1) is 12.3 Å². The van der Waals surface area contributed by atoms with Crippen molar-refractivity contribution < 1.29 is 8.42 Å². The zero-order valence-corrected chi connectivity index (χ0v) is 18.4. The van der Waals surface area contributed by atoms with Crippen molar-refractivity contribution in [3.05, 3.63) is 57.8 Å². The Labute approximate surface area is 172 Å². The maximum absolute atomic E-state index is 12.2. The molecule has 6 nitrogen and oxygen atoms in total. The number of guanidine groups is 1. The predicted octanol–water partition coefficient (Wildman–Crippen LogP) is 2.66. The second kappa shape index (κ2) is 11.2. The Morgan fingerprint density at radius 3 is 2.57 bits per heavy atom. The van der Waals surface area contributed by atoms with Crippen LogP contribution in [0.4, 0.5) is 0 Å². The first kappa shape index (κ1) is 22.4. The first-order valence-corrected chi connectivity index (χ1v) is 12.0. The summed E-state index contributed by atoms with van der Waals surface area (Å²) < 4.78 is 27.0. The van der Waals surface area contributed by atoms with E-state index in [-0.39, 0.29) is 18.3 Å². The van der Waals surface area contributed by atoms with Crippen LogP contribution in [0.25, 0.3) is 0 Å². The van der Waals surface area contributed by atoms with Crippen LogP contribution in [0.1, 0.15) is 29.2 Å². The van der Waals surface area contributed by atoms with Crippen LogP contribution in [0, 0.1) is 6.92 Å². The van der Waals surface area contributed by atoms with Crippen molar-refractivity contribution in [3.63, 3.8) is 0 Å². The van der Waals surface area contributed by atoms with Crippen LogP contribution >= 0.6 is 11.3 Å². The average Bonchev–Trinajstić information content (AvgIpc) is 3.05. The van der Waals surface area contributed by atoms with Crippen LogP contribution in [-0.4, -0.2) is 39.3 Å². The number of hydrogen-bond donors (Lipinski definition) is 3. The van der Waals surface area contributed by atoms with Gasteiger partial charge >= 0.3 is 0 Å². The van der Waals surface area contributed by atoms with E-state index in [2.05, 4.69) is 46.3 Å². The van der Waals surface area contributed by atoms with Crippen LogP contribution in [0.2, 0.25) is 0 Å². The highest BCUT2D eigenvalue weighted by atomic mass is 32.2. The fourth-order valence-corrected chi connectivity index (χ4v) is 4.52. The van der Waals surface area contributed by atoms with E-state index in [0.717, 1.165) is 18.5 Å². The molecule has 0 amide bonds. The summed E-state index contributed by atoms with van der Waals surface area (Å²) in [6, 6.07) is 13.9. The first-order chi connectivity index (χ1) is 13.4. The maximum Gasteiger partial charge on any atom is 0.213 e. The first-order valence-electron chi connectivity index (χ1n) is 9.49. The van der Waals surface area contributed by atoms with Crippen LogP contribution in [0.15, 0.2) is 47.5 Å². The molecular formula is C20H30N4O2S2. The average molecular weight is 423 g/mol. The summed E-state index contributed by atoms with van der Waals surface area (Å²) >= 11 is 1.79. The quantitative estimate of drug-likeness (QED) is 0.406. The van der Waals surface area contributed by atoms with Crippen molar-refractivity contribution in [2.45, 2.75) is 39.8 Å². The summed E-state index contributed by atoms with van der Waals surface area (Å²) in [4.78, 5) is 7.04. The molecule has 1 heterocycles. The lowest BCUT2D eigenvalue weighted by atomic mass is 10.2. The van der Waals surface area contributed by atoms with E-state index < -0.39 is 10.0 Å². The van der Waals surface area contributed by atoms with Crippen molar-refractivity contribution in [2.75, 3.05) is 18.8 Å². The molecule has 1 aromatic carbocycles. The summed E-state index contributed by atoms with van der Waals surface area (Å²) in [5.74, 6) is 0.594. The number of aryl methyl sites for hydroxylation is 1. The normalized spacial score (nSPS) is 13.3. The van der Waals surface area contributed by atoms with Gasteiger partial charge in [-0.3, -0.25) is 4.99 Å². The van der Waals surface area contributed by atoms with Gasteiger partial charge in [-0.2, -0.15) is 0 Å². The van der Waals surface area contributed by atoms with Gasteiger partial charge in [-0.15, -0.1) is 11.3 Å². The topological polar surface area (TPSA) is 82.6 Å². The van der Waals surface area contributed by atoms with Gasteiger partial charge < -0.3 is 10.6 Å². The van der Waals surface area contributed by atoms with E-state index in [4.69, 9.17) is 0 Å². The summed E-state index contributed by atoms with van der Waals surface area (Å²) in [5, 5.41) is 6.53. The van der Waals surface area contributed by atoms with E-state index in [9.17, 15) is 8.42 Å². The summed E-state index contributed by atoms with van der Waals surface area (Å²) in [6.07, 6.45) is 0.903. The van der Waals surface area contributed by atoms with Gasteiger partial charge in [0.2, 0.25) is 10.0 Å². The zero-order chi connectivity index (χ0) is 20.4. The van der Waals surface area contributed by atoms with E-state index in [1.807, 2.05) is 37.3 Å². The standard InChI is InChI=1S/C20H30N4O2S2/c1-4-21-20(24-16(2)14-19-11-10-17(3)27-19)22-12-13-28(25,26)23-15-18-8-6-5-7-9-18/h5-11,16,23H,4,12-15H2,1-3H3,(H2,21,22,24). The number of sulfonamides is 1. The highest BCUT2D eigenvalue weighted by Gasteiger charge is 2.11. The number of nitrogens with zero attached hydrogens (tertiary/aromatic N) is 1. The molecule has 1 aromatic heterocycles. The SMILES string of the molecule is CCNC(=NCCS(=O)(=O)NCc1ccccc1)NC(C)Cc1ccc(C)s1. The Kier molecular flexibility index (Phi) is 8.95. The lowest BCUT2D eigenvalue weighted by Crippen LogP contribution is -2.43. The van der Waals surface area contributed by atoms with Crippen LogP contribution in [0.5, 0.6) is 0 Å². The minimum absolute atomic E-state index is 0.0467. The van der Waals surface area contributed by atoms with E-state index in [1.165, 1.54) is 9.75 Å². The monoisotopic (exact) mass is 422 g/mol. The molecule has 0 aliphatic rings. The fourth-order valence-electron chi connectivity index (χ4n) is 2.64. The number of thiophene rings is 1. The summed E-state index contributed by atoms with van der Waals surface area (Å²) in [6.45, 7) is 7.40. The van der Waals surface area contributed by atoms with Gasteiger partial charge in [-0.25, -0.2) is 13.1 Å². The molecule has 154 valence electrons. The second-order valence-electron chi connectivity index (χ2n) is 6.65. The zero-order valence-electron chi connectivity index (χ0n) is 16.7. The number of nitrogens with one attached hydrogen (secondary N) is 3. The van der Waals surface area contributed by atoms with Gasteiger partial charge in [0, 0.05) is 35.3 Å². The molecule has 28 heavy (non-hydrogen) atoms. The lowest BCUT2D eigenvalue weighted by Gasteiger charge is -2.17. The molecule has 0 radical (unpaired) electrons. The van der Waals surface area contributed by atoms with Crippen LogP contribution in [0.3, 0.4) is 0 Å². The van der Waals surface area contributed by atoms with Crippen LogP contribution < -0.4 is 15.4 Å². The number of benzene rings is 1. The Morgan fingerprint density at radius 2 is 1.93 bits per heavy atom. The highest BCUT2D eigenvalue weighted by Crippen LogP contribution is 2.16. The third-order valence-electron chi connectivity index (χ3n) is 4.00. The third kappa shape index (κ3) is 8.41. The number of rotatable bonds is 10. The molecule has 0 bridgehead atoms. The fraction of sp³-hybridized carbons (Fsp3) is 0.450. The Balaban J connectivity index is 1.83. The van der Waals surface area contributed by atoms with E-state index in [1.54, 1.807) is 11.3 Å². The van der Waals surface area contributed by atoms with Crippen molar-refractivity contribution in [3.8, 4) is 0 Å². The minimum atomic E-state index is -3.38. The molecule has 1 unspecified atom stereocenters. The molecule has 8 heteroatoms. The third-order valence-corrected chi connectivity index (χ3v) is 6.33. The molecule has 0 spiro atoms. The molecule has 0 saturated heterocycles. The Bertz CT molecular complexity index is 848. The van der Waals surface area contributed by atoms with Gasteiger partial charge in [0.25, 0.3) is 0 Å². The number of aliphatic imine (C=N–C) groups is 1. The molecular weight excluding hydrogens is 392 g/mol. The molecule has 0 saturated carbocycles. The smallest absolute Gasteiger partial charge is 0.213 e. The summed E-state index contributed by atoms with van der Waals surface area (Å²) in [7, 11) is -3.38. The molecule has 0 fully saturated rings. The Morgan fingerprint density at radius 1 is 1.18 bits per heavy atom. The molecule has 2 aromatic rings. The predicted molar refractivity (Wildman–Crippen MR) is 118 cm³/mol. The molecule has 0 aliphatic carbocycles. The van der Waals surface area contributed by atoms with Crippen LogP contribution in [-0.2, 0) is 23.0 Å². The lowest BCUT2D eigenvalue weighted by molar-refractivity contribution is 0.581. The van der Waals surface area contributed by atoms with Crippen molar-refractivity contribution in [2.24, 2.45) is 4.99 Å². The van der Waals surface area contributed by atoms with Crippen molar-refractivity contribution in [1.29, 1.82) is 0 Å². The molecule has 3 N–H and O–H groups in total. The summed E-state index contributed by atoms with van der Waals surface area (Å²) in [5.41, 5.74) is 0.933. The van der Waals surface area contributed by atoms with Crippen molar-refractivity contribution >= 4 is 27.3 Å². The molecule has 1 atom stereocenters. The van der Waals surface area contributed by atoms with E-state index in [0.29, 0.717) is 12.5 Å². The van der Waals surface area contributed by atoms with Gasteiger partial charge in [0.1, 0.15) is 0 Å². The largest absolute Gasteiger partial charge is 0.357 e. The maximum atomic E-state index is 12.2. The van der Waals surface area contributed by atoms with Gasteiger partial charge in [0.15, 0.2) is 5.96 Å².